The average Bonchev–Trinajstić information content (AvgIpc) is 2.55. The number of nitrogens with one attached hydrogen (secondary N) is 1. The number of aryl methyl sites for hydroxylation is 3. The van der Waals surface area contributed by atoms with Crippen LogP contribution in [-0.2, 0) is 4.79 Å². The maximum Gasteiger partial charge on any atom is 0.223 e. The molecule has 0 bridgehead atoms. The van der Waals surface area contributed by atoms with Gasteiger partial charge in [-0.15, -0.1) is 0 Å². The van der Waals surface area contributed by atoms with Gasteiger partial charge in [-0.25, -0.2) is 0 Å². The first-order valence-corrected chi connectivity index (χ1v) is 8.21. The third-order valence-corrected chi connectivity index (χ3v) is 3.63. The Balaban J connectivity index is 1.60. The van der Waals surface area contributed by atoms with Crippen LogP contribution in [0.4, 0.5) is 0 Å². The number of rotatable bonds is 8. The Morgan fingerprint density at radius 1 is 0.917 bits per heavy atom. The number of hydrogen-bond donors (Lipinski definition) is 1. The van der Waals surface area contributed by atoms with Gasteiger partial charge in [0.2, 0.25) is 5.91 Å². The van der Waals surface area contributed by atoms with Crippen molar-refractivity contribution in [3.63, 3.8) is 0 Å². The molecule has 0 fully saturated rings. The molecular formula is C20H25NO3. The van der Waals surface area contributed by atoms with Crippen LogP contribution in [0.3, 0.4) is 0 Å². The van der Waals surface area contributed by atoms with Crippen molar-refractivity contribution in [3.05, 3.63) is 59.2 Å². The summed E-state index contributed by atoms with van der Waals surface area (Å²) in [5.74, 6) is 1.61. The van der Waals surface area contributed by atoms with Gasteiger partial charge in [-0.2, -0.15) is 0 Å². The van der Waals surface area contributed by atoms with Crippen LogP contribution in [0.15, 0.2) is 42.5 Å². The van der Waals surface area contributed by atoms with Gasteiger partial charge in [0, 0.05) is 0 Å². The lowest BCUT2D eigenvalue weighted by Gasteiger charge is -2.11. The van der Waals surface area contributed by atoms with Gasteiger partial charge in [0.25, 0.3) is 0 Å². The van der Waals surface area contributed by atoms with Gasteiger partial charge in [0.15, 0.2) is 0 Å². The van der Waals surface area contributed by atoms with Crippen molar-refractivity contribution >= 4 is 5.91 Å². The molecule has 0 saturated carbocycles. The van der Waals surface area contributed by atoms with Gasteiger partial charge in [0.1, 0.15) is 18.1 Å². The summed E-state index contributed by atoms with van der Waals surface area (Å²) in [5, 5.41) is 2.84. The third kappa shape index (κ3) is 5.95. The van der Waals surface area contributed by atoms with Crippen LogP contribution < -0.4 is 14.8 Å². The maximum absolute atomic E-state index is 11.8. The number of hydrogen-bond acceptors (Lipinski definition) is 3. The summed E-state index contributed by atoms with van der Waals surface area (Å²) in [6.07, 6.45) is 0.331. The first-order chi connectivity index (χ1) is 11.5. The highest BCUT2D eigenvalue weighted by molar-refractivity contribution is 5.75. The SMILES string of the molecule is Cc1ccc(OCCC(=O)NCCOc2ccc(C)cc2C)cc1. The van der Waals surface area contributed by atoms with Crippen molar-refractivity contribution in [1.82, 2.24) is 5.32 Å². The van der Waals surface area contributed by atoms with E-state index in [1.807, 2.05) is 50.2 Å². The van der Waals surface area contributed by atoms with E-state index in [2.05, 4.69) is 18.3 Å². The normalized spacial score (nSPS) is 10.3. The topological polar surface area (TPSA) is 47.6 Å². The van der Waals surface area contributed by atoms with Crippen molar-refractivity contribution in [3.8, 4) is 11.5 Å². The third-order valence-electron chi connectivity index (χ3n) is 3.63. The Bertz CT molecular complexity index is 665. The van der Waals surface area contributed by atoms with E-state index in [9.17, 15) is 4.79 Å². The number of ether oxygens (including phenoxy) is 2. The molecule has 0 aliphatic carbocycles. The molecule has 0 atom stereocenters. The predicted molar refractivity (Wildman–Crippen MR) is 95.7 cm³/mol. The molecule has 128 valence electrons. The smallest absolute Gasteiger partial charge is 0.223 e. The second-order valence-electron chi connectivity index (χ2n) is 5.88. The van der Waals surface area contributed by atoms with Crippen molar-refractivity contribution in [2.75, 3.05) is 19.8 Å². The van der Waals surface area contributed by atoms with E-state index < -0.39 is 0 Å². The number of carbonyl (C=O) groups is 1. The number of amides is 1. The Morgan fingerprint density at radius 3 is 2.33 bits per heavy atom. The van der Waals surface area contributed by atoms with E-state index in [-0.39, 0.29) is 5.91 Å². The lowest BCUT2D eigenvalue weighted by Crippen LogP contribution is -2.29. The first kappa shape index (κ1) is 17.9. The Labute approximate surface area is 143 Å². The fraction of sp³-hybridized carbons (Fsp3) is 0.350. The summed E-state index contributed by atoms with van der Waals surface area (Å²) in [6.45, 7) is 7.40. The molecule has 4 heteroatoms. The molecule has 0 radical (unpaired) electrons. The molecule has 0 aromatic heterocycles. The molecule has 1 amide bonds. The first-order valence-electron chi connectivity index (χ1n) is 8.21. The minimum Gasteiger partial charge on any atom is -0.493 e. The Kier molecular flexibility index (Phi) is 6.67. The van der Waals surface area contributed by atoms with Crippen molar-refractivity contribution in [2.45, 2.75) is 27.2 Å². The van der Waals surface area contributed by atoms with Gasteiger partial charge in [-0.1, -0.05) is 35.4 Å². The van der Waals surface area contributed by atoms with Gasteiger partial charge in [-0.3, -0.25) is 4.79 Å². The predicted octanol–water partition coefficient (Wildman–Crippen LogP) is 3.58. The standard InChI is InChI=1S/C20H25NO3/c1-15-4-7-18(8-5-15)23-12-10-20(22)21-11-13-24-19-9-6-16(2)14-17(19)3/h4-9,14H,10-13H2,1-3H3,(H,21,22). The number of carbonyl (C=O) groups excluding carboxylic acids is 1. The highest BCUT2D eigenvalue weighted by Crippen LogP contribution is 2.18. The molecule has 2 rings (SSSR count). The minimum absolute atomic E-state index is 0.0358. The zero-order chi connectivity index (χ0) is 17.4. The quantitative estimate of drug-likeness (QED) is 0.754. The van der Waals surface area contributed by atoms with Gasteiger partial charge in [-0.05, 0) is 44.5 Å². The van der Waals surface area contributed by atoms with Crippen molar-refractivity contribution < 1.29 is 14.3 Å². The zero-order valence-corrected chi connectivity index (χ0v) is 14.6. The van der Waals surface area contributed by atoms with E-state index in [0.717, 1.165) is 17.1 Å². The molecular weight excluding hydrogens is 302 g/mol. The van der Waals surface area contributed by atoms with Gasteiger partial charge < -0.3 is 14.8 Å². The molecule has 0 unspecified atom stereocenters. The molecule has 0 saturated heterocycles. The summed E-state index contributed by atoms with van der Waals surface area (Å²) >= 11 is 0. The van der Waals surface area contributed by atoms with E-state index in [1.165, 1.54) is 11.1 Å². The molecule has 24 heavy (non-hydrogen) atoms. The summed E-state index contributed by atoms with van der Waals surface area (Å²) in [5.41, 5.74) is 3.50. The molecule has 2 aromatic carbocycles. The number of benzene rings is 2. The van der Waals surface area contributed by atoms with Crippen LogP contribution in [0, 0.1) is 20.8 Å². The molecule has 0 aliphatic rings. The molecule has 0 heterocycles. The van der Waals surface area contributed by atoms with E-state index in [1.54, 1.807) is 0 Å². The summed E-state index contributed by atoms with van der Waals surface area (Å²) in [4.78, 5) is 11.8. The van der Waals surface area contributed by atoms with Crippen LogP contribution in [0.25, 0.3) is 0 Å². The summed E-state index contributed by atoms with van der Waals surface area (Å²) in [6, 6.07) is 13.8. The maximum atomic E-state index is 11.8. The van der Waals surface area contributed by atoms with Gasteiger partial charge >= 0.3 is 0 Å². The van der Waals surface area contributed by atoms with Crippen LogP contribution in [0.5, 0.6) is 11.5 Å². The van der Waals surface area contributed by atoms with Crippen LogP contribution in [-0.4, -0.2) is 25.7 Å². The average molecular weight is 327 g/mol. The minimum atomic E-state index is -0.0358. The van der Waals surface area contributed by atoms with Crippen molar-refractivity contribution in [2.24, 2.45) is 0 Å². The van der Waals surface area contributed by atoms with Crippen LogP contribution in [0.2, 0.25) is 0 Å². The molecule has 0 spiro atoms. The van der Waals surface area contributed by atoms with Crippen molar-refractivity contribution in [1.29, 1.82) is 0 Å². The molecule has 1 N–H and O–H groups in total. The molecule has 0 aliphatic heterocycles. The van der Waals surface area contributed by atoms with Gasteiger partial charge in [0.05, 0.1) is 19.6 Å². The molecule has 2 aromatic rings. The lowest BCUT2D eigenvalue weighted by molar-refractivity contribution is -0.121. The van der Waals surface area contributed by atoms with E-state index >= 15 is 0 Å². The van der Waals surface area contributed by atoms with Crippen LogP contribution in [0.1, 0.15) is 23.1 Å². The fourth-order valence-electron chi connectivity index (χ4n) is 2.30. The monoisotopic (exact) mass is 327 g/mol. The second-order valence-corrected chi connectivity index (χ2v) is 5.88. The molecule has 4 nitrogen and oxygen atoms in total. The fourth-order valence-corrected chi connectivity index (χ4v) is 2.30. The van der Waals surface area contributed by atoms with E-state index in [4.69, 9.17) is 9.47 Å². The zero-order valence-electron chi connectivity index (χ0n) is 14.6. The lowest BCUT2D eigenvalue weighted by atomic mass is 10.1. The largest absolute Gasteiger partial charge is 0.493 e. The second kappa shape index (κ2) is 8.96. The van der Waals surface area contributed by atoms with E-state index in [0.29, 0.717) is 26.2 Å². The highest BCUT2D eigenvalue weighted by atomic mass is 16.5. The Hall–Kier alpha value is -2.49. The highest BCUT2D eigenvalue weighted by Gasteiger charge is 2.03. The Morgan fingerprint density at radius 2 is 1.62 bits per heavy atom. The van der Waals surface area contributed by atoms with Crippen LogP contribution >= 0.6 is 0 Å². The summed E-state index contributed by atoms with van der Waals surface area (Å²) < 4.78 is 11.2. The summed E-state index contributed by atoms with van der Waals surface area (Å²) in [7, 11) is 0.